The molecule has 0 spiro atoms. The number of hydrogen-bond donors (Lipinski definition) is 1. The zero-order valence-electron chi connectivity index (χ0n) is 18.1. The average Bonchev–Trinajstić information content (AvgIpc) is 3.25. The van der Waals surface area contributed by atoms with Crippen molar-refractivity contribution in [2.75, 3.05) is 17.7 Å². The normalized spacial score (nSPS) is 11.0. The smallest absolute Gasteiger partial charge is 0.296 e. The van der Waals surface area contributed by atoms with Crippen molar-refractivity contribution in [1.82, 2.24) is 19.2 Å². The van der Waals surface area contributed by atoms with E-state index >= 15 is 0 Å². The van der Waals surface area contributed by atoms with Crippen molar-refractivity contribution in [3.05, 3.63) is 75.6 Å². The number of hydrogen-bond acceptors (Lipinski definition) is 8. The first-order valence-electron chi connectivity index (χ1n) is 10.3. The van der Waals surface area contributed by atoms with Gasteiger partial charge in [-0.3, -0.25) is 28.7 Å². The number of carbonyl (C=O) groups excluding carboxylic acids is 1. The monoisotopic (exact) mass is 480 g/mol. The molecule has 1 N–H and O–H groups in total. The molecule has 0 unspecified atom stereocenters. The molecule has 2 aromatic heterocycles. The zero-order chi connectivity index (χ0) is 24.2. The van der Waals surface area contributed by atoms with Crippen LogP contribution in [0.5, 0.6) is 5.75 Å². The maximum absolute atomic E-state index is 12.9. The quantitative estimate of drug-likeness (QED) is 0.167. The van der Waals surface area contributed by atoms with Crippen LogP contribution in [0.4, 0.5) is 11.4 Å². The Balaban J connectivity index is 1.61. The summed E-state index contributed by atoms with van der Waals surface area (Å²) in [5.74, 6) is 0.125. The highest BCUT2D eigenvalue weighted by atomic mass is 32.2. The molecular weight excluding hydrogens is 460 g/mol. The van der Waals surface area contributed by atoms with Gasteiger partial charge in [-0.2, -0.15) is 0 Å². The van der Waals surface area contributed by atoms with Gasteiger partial charge in [0.2, 0.25) is 11.7 Å². The Kier molecular flexibility index (Phi) is 6.59. The molecule has 0 fully saturated rings. The number of amides is 1. The second kappa shape index (κ2) is 9.75. The summed E-state index contributed by atoms with van der Waals surface area (Å²) in [5, 5.41) is 23.2. The maximum atomic E-state index is 12.9. The third-order valence-electron chi connectivity index (χ3n) is 4.87. The van der Waals surface area contributed by atoms with Gasteiger partial charge in [0, 0.05) is 6.54 Å². The molecule has 0 saturated heterocycles. The number of aromatic nitrogens is 4. The first kappa shape index (κ1) is 23.0. The predicted octanol–water partition coefficient (Wildman–Crippen LogP) is 3.27. The molecular formula is C22H20N6O5S. The van der Waals surface area contributed by atoms with Gasteiger partial charge in [0.25, 0.3) is 11.2 Å². The van der Waals surface area contributed by atoms with Crippen LogP contribution in [0.2, 0.25) is 0 Å². The highest BCUT2D eigenvalue weighted by molar-refractivity contribution is 7.99. The molecule has 2 heterocycles. The number of nitro groups is 1. The molecule has 0 aliphatic carbocycles. The highest BCUT2D eigenvalue weighted by Crippen LogP contribution is 2.29. The Morgan fingerprint density at radius 1 is 1.29 bits per heavy atom. The lowest BCUT2D eigenvalue weighted by molar-refractivity contribution is -0.384. The predicted molar refractivity (Wildman–Crippen MR) is 129 cm³/mol. The number of benzene rings is 2. The summed E-state index contributed by atoms with van der Waals surface area (Å²) in [7, 11) is 0. The Bertz CT molecular complexity index is 1480. The first-order chi connectivity index (χ1) is 16.4. The van der Waals surface area contributed by atoms with E-state index in [1.54, 1.807) is 47.7 Å². The van der Waals surface area contributed by atoms with E-state index in [-0.39, 0.29) is 29.2 Å². The summed E-state index contributed by atoms with van der Waals surface area (Å²) < 4.78 is 8.45. The van der Waals surface area contributed by atoms with Crippen molar-refractivity contribution in [3.63, 3.8) is 0 Å². The van der Waals surface area contributed by atoms with Gasteiger partial charge in [0.1, 0.15) is 11.4 Å². The molecule has 4 rings (SSSR count). The van der Waals surface area contributed by atoms with E-state index in [2.05, 4.69) is 22.1 Å². The number of nitrogens with zero attached hydrogens (tertiary/aromatic N) is 5. The molecule has 174 valence electrons. The van der Waals surface area contributed by atoms with Crippen LogP contribution in [-0.2, 0) is 11.3 Å². The van der Waals surface area contributed by atoms with Crippen LogP contribution in [0.25, 0.3) is 16.7 Å². The number of ether oxygens (including phenoxy) is 1. The number of nitro benzene ring substituents is 1. The van der Waals surface area contributed by atoms with Crippen molar-refractivity contribution in [2.24, 2.45) is 0 Å². The minimum atomic E-state index is -0.581. The third kappa shape index (κ3) is 4.35. The largest absolute Gasteiger partial charge is 0.494 e. The highest BCUT2D eigenvalue weighted by Gasteiger charge is 2.20. The zero-order valence-corrected chi connectivity index (χ0v) is 18.9. The maximum Gasteiger partial charge on any atom is 0.296 e. The number of thioether (sulfide) groups is 1. The lowest BCUT2D eigenvalue weighted by Crippen LogP contribution is -2.22. The van der Waals surface area contributed by atoms with E-state index in [1.807, 2.05) is 0 Å². The number of anilines is 1. The summed E-state index contributed by atoms with van der Waals surface area (Å²) >= 11 is 1.10. The first-order valence-corrected chi connectivity index (χ1v) is 11.2. The summed E-state index contributed by atoms with van der Waals surface area (Å²) in [5.41, 5.74) is 0.192. The van der Waals surface area contributed by atoms with Crippen LogP contribution in [0.15, 0.2) is 65.1 Å². The Labute approximate surface area is 197 Å². The van der Waals surface area contributed by atoms with Crippen molar-refractivity contribution in [2.45, 2.75) is 18.6 Å². The molecule has 0 atom stereocenters. The fraction of sp³-hybridized carbons (Fsp3) is 0.182. The van der Waals surface area contributed by atoms with E-state index in [0.717, 1.165) is 11.8 Å². The van der Waals surface area contributed by atoms with Gasteiger partial charge in [0.15, 0.2) is 5.16 Å². The standard InChI is InChI=1S/C22H20N6O5S/c1-3-11-26-20(30)15-7-5-6-8-17(15)27-21(26)24-25-22(27)34-13-19(29)23-16-10-9-14(33-4-2)12-18(16)28(31)32/h3,5-10,12H,1,4,11,13H2,2H3,(H,23,29). The molecule has 0 radical (unpaired) electrons. The molecule has 4 aromatic rings. The van der Waals surface area contributed by atoms with Gasteiger partial charge in [-0.05, 0) is 31.2 Å². The van der Waals surface area contributed by atoms with E-state index in [1.165, 1.54) is 16.7 Å². The van der Waals surface area contributed by atoms with Gasteiger partial charge >= 0.3 is 0 Å². The minimum Gasteiger partial charge on any atom is -0.494 e. The average molecular weight is 481 g/mol. The van der Waals surface area contributed by atoms with Gasteiger partial charge < -0.3 is 10.1 Å². The summed E-state index contributed by atoms with van der Waals surface area (Å²) in [6.07, 6.45) is 1.59. The number of para-hydroxylation sites is 1. The molecule has 0 bridgehead atoms. The number of fused-ring (bicyclic) bond motifs is 3. The van der Waals surface area contributed by atoms with Gasteiger partial charge in [0.05, 0.1) is 34.3 Å². The number of carbonyl (C=O) groups is 1. The van der Waals surface area contributed by atoms with Crippen molar-refractivity contribution in [1.29, 1.82) is 0 Å². The third-order valence-corrected chi connectivity index (χ3v) is 5.80. The molecule has 2 aromatic carbocycles. The van der Waals surface area contributed by atoms with Crippen LogP contribution in [0.3, 0.4) is 0 Å². The van der Waals surface area contributed by atoms with Crippen LogP contribution in [0, 0.1) is 10.1 Å². The van der Waals surface area contributed by atoms with E-state index in [0.29, 0.717) is 34.2 Å². The van der Waals surface area contributed by atoms with Gasteiger partial charge in [-0.15, -0.1) is 16.8 Å². The molecule has 0 aliphatic rings. The van der Waals surface area contributed by atoms with Gasteiger partial charge in [-0.25, -0.2) is 0 Å². The van der Waals surface area contributed by atoms with Crippen LogP contribution >= 0.6 is 11.8 Å². The van der Waals surface area contributed by atoms with E-state index in [9.17, 15) is 19.7 Å². The molecule has 1 amide bonds. The molecule has 0 aliphatic heterocycles. The van der Waals surface area contributed by atoms with E-state index < -0.39 is 10.8 Å². The number of nitrogens with one attached hydrogen (secondary N) is 1. The molecule has 34 heavy (non-hydrogen) atoms. The molecule has 12 heteroatoms. The Hall–Kier alpha value is -4.19. The Morgan fingerprint density at radius 2 is 2.09 bits per heavy atom. The van der Waals surface area contributed by atoms with Crippen LogP contribution in [-0.4, -0.2) is 42.4 Å². The molecule has 11 nitrogen and oxygen atoms in total. The van der Waals surface area contributed by atoms with Crippen molar-refractivity contribution in [3.8, 4) is 5.75 Å². The summed E-state index contributed by atoms with van der Waals surface area (Å²) in [6, 6.07) is 11.3. The van der Waals surface area contributed by atoms with Crippen molar-refractivity contribution < 1.29 is 14.5 Å². The van der Waals surface area contributed by atoms with Crippen LogP contribution < -0.4 is 15.6 Å². The minimum absolute atomic E-state index is 0.0652. The van der Waals surface area contributed by atoms with Gasteiger partial charge in [-0.1, -0.05) is 30.0 Å². The fourth-order valence-corrected chi connectivity index (χ4v) is 4.20. The lowest BCUT2D eigenvalue weighted by Gasteiger charge is -2.10. The SMILES string of the molecule is C=CCn1c(=O)c2ccccc2n2c(SCC(=O)Nc3ccc(OCC)cc3[N+](=O)[O-])nnc12. The topological polar surface area (TPSA) is 134 Å². The molecule has 0 saturated carbocycles. The second-order valence-corrected chi connectivity index (χ2v) is 7.99. The van der Waals surface area contributed by atoms with Crippen molar-refractivity contribution >= 4 is 45.7 Å². The van der Waals surface area contributed by atoms with E-state index in [4.69, 9.17) is 4.74 Å². The summed E-state index contributed by atoms with van der Waals surface area (Å²) in [6.45, 7) is 6.07. The number of rotatable bonds is 9. The summed E-state index contributed by atoms with van der Waals surface area (Å²) in [4.78, 5) is 36.3. The Morgan fingerprint density at radius 3 is 2.82 bits per heavy atom. The second-order valence-electron chi connectivity index (χ2n) is 7.05. The fourth-order valence-electron chi connectivity index (χ4n) is 3.46. The van der Waals surface area contributed by atoms with Crippen LogP contribution in [0.1, 0.15) is 6.92 Å². The number of allylic oxidation sites excluding steroid dienone is 1. The lowest BCUT2D eigenvalue weighted by atomic mass is 10.2.